The zero-order valence-electron chi connectivity index (χ0n) is 12.5. The summed E-state index contributed by atoms with van der Waals surface area (Å²) >= 11 is 0. The fraction of sp³-hybridized carbons (Fsp3) is 0.158. The van der Waals surface area contributed by atoms with E-state index in [4.69, 9.17) is 9.15 Å². The van der Waals surface area contributed by atoms with Gasteiger partial charge in [-0.05, 0) is 30.7 Å². The lowest BCUT2D eigenvalue weighted by atomic mass is 10.1. The lowest BCUT2D eigenvalue weighted by molar-refractivity contribution is 0.259. The van der Waals surface area contributed by atoms with Gasteiger partial charge in [-0.3, -0.25) is 0 Å². The monoisotopic (exact) mass is 294 g/mol. The van der Waals surface area contributed by atoms with E-state index in [0.29, 0.717) is 12.4 Å². The molecule has 3 rings (SSSR count). The van der Waals surface area contributed by atoms with E-state index in [9.17, 15) is 5.11 Å². The first kappa shape index (κ1) is 14.4. The predicted octanol–water partition coefficient (Wildman–Crippen LogP) is 4.33. The summed E-state index contributed by atoms with van der Waals surface area (Å²) in [4.78, 5) is 0. The van der Waals surface area contributed by atoms with Crippen LogP contribution in [0.5, 0.6) is 5.75 Å². The first-order valence-electron chi connectivity index (χ1n) is 7.23. The highest BCUT2D eigenvalue weighted by atomic mass is 16.5. The topological polar surface area (TPSA) is 42.6 Å². The molecule has 3 nitrogen and oxygen atoms in total. The molecule has 0 aliphatic carbocycles. The third-order valence-corrected chi connectivity index (χ3v) is 3.50. The molecule has 0 atom stereocenters. The molecule has 1 aromatic heterocycles. The van der Waals surface area contributed by atoms with Crippen LogP contribution in [-0.2, 0) is 13.2 Å². The molecule has 3 heteroatoms. The second-order valence-electron chi connectivity index (χ2n) is 5.17. The van der Waals surface area contributed by atoms with Gasteiger partial charge in [0.05, 0.1) is 6.61 Å². The first-order valence-corrected chi connectivity index (χ1v) is 7.23. The molecule has 3 aromatic rings. The van der Waals surface area contributed by atoms with Crippen LogP contribution >= 0.6 is 0 Å². The van der Waals surface area contributed by atoms with Crippen LogP contribution < -0.4 is 4.74 Å². The van der Waals surface area contributed by atoms with Gasteiger partial charge in [-0.15, -0.1) is 0 Å². The molecule has 0 unspecified atom stereocenters. The lowest BCUT2D eigenvalue weighted by Crippen LogP contribution is -1.99. The highest BCUT2D eigenvalue weighted by Crippen LogP contribution is 2.29. The summed E-state index contributed by atoms with van der Waals surface area (Å²) in [6.45, 7) is 2.33. The minimum Gasteiger partial charge on any atom is -0.489 e. The summed E-state index contributed by atoms with van der Waals surface area (Å²) in [6, 6.07) is 19.5. The maximum atomic E-state index is 9.48. The molecule has 112 valence electrons. The van der Waals surface area contributed by atoms with Crippen molar-refractivity contribution in [3.63, 3.8) is 0 Å². The zero-order chi connectivity index (χ0) is 15.4. The smallest absolute Gasteiger partial charge is 0.134 e. The van der Waals surface area contributed by atoms with Crippen molar-refractivity contribution in [1.29, 1.82) is 0 Å². The van der Waals surface area contributed by atoms with Crippen molar-refractivity contribution >= 4 is 0 Å². The van der Waals surface area contributed by atoms with E-state index in [0.717, 1.165) is 28.2 Å². The molecule has 0 saturated carbocycles. The Balaban J connectivity index is 1.85. The van der Waals surface area contributed by atoms with Crippen LogP contribution in [0.2, 0.25) is 0 Å². The average molecular weight is 294 g/mol. The van der Waals surface area contributed by atoms with E-state index in [1.807, 2.05) is 67.6 Å². The molecule has 0 radical (unpaired) electrons. The molecule has 0 spiro atoms. The SMILES string of the molecule is Cc1ccc(-c2ccc(CO)c(OCc3ccccc3)c2)o1. The summed E-state index contributed by atoms with van der Waals surface area (Å²) in [6.07, 6.45) is 0. The Morgan fingerprint density at radius 1 is 1.00 bits per heavy atom. The summed E-state index contributed by atoms with van der Waals surface area (Å²) in [5, 5.41) is 9.48. The lowest BCUT2D eigenvalue weighted by Gasteiger charge is -2.11. The van der Waals surface area contributed by atoms with Gasteiger partial charge >= 0.3 is 0 Å². The van der Waals surface area contributed by atoms with E-state index in [1.54, 1.807) is 0 Å². The molecule has 0 amide bonds. The standard InChI is InChI=1S/C19H18O3/c1-14-7-10-18(22-14)16-8-9-17(12-20)19(11-16)21-13-15-5-3-2-4-6-15/h2-11,20H,12-13H2,1H3. The van der Waals surface area contributed by atoms with Crippen LogP contribution in [0, 0.1) is 6.92 Å². The number of hydrogen-bond acceptors (Lipinski definition) is 3. The van der Waals surface area contributed by atoms with Crippen LogP contribution in [0.1, 0.15) is 16.9 Å². The third-order valence-electron chi connectivity index (χ3n) is 3.50. The quantitative estimate of drug-likeness (QED) is 0.761. The van der Waals surface area contributed by atoms with E-state index >= 15 is 0 Å². The van der Waals surface area contributed by atoms with Crippen molar-refractivity contribution in [1.82, 2.24) is 0 Å². The van der Waals surface area contributed by atoms with E-state index < -0.39 is 0 Å². The van der Waals surface area contributed by atoms with Crippen molar-refractivity contribution in [3.8, 4) is 17.1 Å². The molecule has 22 heavy (non-hydrogen) atoms. The Kier molecular flexibility index (Phi) is 4.26. The Bertz CT molecular complexity index is 744. The van der Waals surface area contributed by atoms with Crippen LogP contribution in [0.15, 0.2) is 65.1 Å². The van der Waals surface area contributed by atoms with Crippen LogP contribution in [0.3, 0.4) is 0 Å². The normalized spacial score (nSPS) is 10.6. The number of benzene rings is 2. The molecule has 0 aliphatic heterocycles. The molecule has 1 heterocycles. The average Bonchev–Trinajstić information content (AvgIpc) is 3.00. The molecular weight excluding hydrogens is 276 g/mol. The predicted molar refractivity (Wildman–Crippen MR) is 85.6 cm³/mol. The van der Waals surface area contributed by atoms with E-state index in [2.05, 4.69) is 0 Å². The van der Waals surface area contributed by atoms with Gasteiger partial charge in [0.15, 0.2) is 0 Å². The van der Waals surface area contributed by atoms with Crippen molar-refractivity contribution in [2.75, 3.05) is 0 Å². The maximum absolute atomic E-state index is 9.48. The summed E-state index contributed by atoms with van der Waals surface area (Å²) < 4.78 is 11.5. The Morgan fingerprint density at radius 3 is 2.50 bits per heavy atom. The number of aryl methyl sites for hydroxylation is 1. The largest absolute Gasteiger partial charge is 0.489 e. The van der Waals surface area contributed by atoms with Gasteiger partial charge in [-0.1, -0.05) is 42.5 Å². The van der Waals surface area contributed by atoms with Gasteiger partial charge in [0, 0.05) is 11.1 Å². The van der Waals surface area contributed by atoms with Gasteiger partial charge in [-0.25, -0.2) is 0 Å². The summed E-state index contributed by atoms with van der Waals surface area (Å²) in [7, 11) is 0. The minimum atomic E-state index is -0.0540. The number of aliphatic hydroxyl groups excluding tert-OH is 1. The second-order valence-corrected chi connectivity index (χ2v) is 5.17. The zero-order valence-corrected chi connectivity index (χ0v) is 12.5. The van der Waals surface area contributed by atoms with E-state index in [-0.39, 0.29) is 6.61 Å². The van der Waals surface area contributed by atoms with E-state index in [1.165, 1.54) is 0 Å². The van der Waals surface area contributed by atoms with Crippen molar-refractivity contribution in [2.45, 2.75) is 20.1 Å². The van der Waals surface area contributed by atoms with Gasteiger partial charge in [0.2, 0.25) is 0 Å². The minimum absolute atomic E-state index is 0.0540. The van der Waals surface area contributed by atoms with Gasteiger partial charge < -0.3 is 14.3 Å². The molecule has 0 saturated heterocycles. The highest BCUT2D eigenvalue weighted by Gasteiger charge is 2.09. The molecule has 1 N–H and O–H groups in total. The Hall–Kier alpha value is -2.52. The van der Waals surface area contributed by atoms with Gasteiger partial charge in [-0.2, -0.15) is 0 Å². The van der Waals surface area contributed by atoms with Crippen LogP contribution in [-0.4, -0.2) is 5.11 Å². The van der Waals surface area contributed by atoms with Gasteiger partial charge in [0.1, 0.15) is 23.9 Å². The number of ether oxygens (including phenoxy) is 1. The van der Waals surface area contributed by atoms with Crippen LogP contribution in [0.4, 0.5) is 0 Å². The number of furan rings is 1. The maximum Gasteiger partial charge on any atom is 0.134 e. The molecule has 0 fully saturated rings. The van der Waals surface area contributed by atoms with Gasteiger partial charge in [0.25, 0.3) is 0 Å². The number of rotatable bonds is 5. The van der Waals surface area contributed by atoms with Crippen molar-refractivity contribution < 1.29 is 14.3 Å². The second kappa shape index (κ2) is 6.50. The van der Waals surface area contributed by atoms with Crippen LogP contribution in [0.25, 0.3) is 11.3 Å². The fourth-order valence-electron chi connectivity index (χ4n) is 2.30. The molecule has 2 aromatic carbocycles. The Morgan fingerprint density at radius 2 is 1.82 bits per heavy atom. The summed E-state index contributed by atoms with van der Waals surface area (Å²) in [5.41, 5.74) is 2.79. The molecular formula is C19H18O3. The first-order chi connectivity index (χ1) is 10.8. The molecule has 0 aliphatic rings. The third kappa shape index (κ3) is 3.21. The number of hydrogen-bond donors (Lipinski definition) is 1. The fourth-order valence-corrected chi connectivity index (χ4v) is 2.30. The molecule has 0 bridgehead atoms. The summed E-state index contributed by atoms with van der Waals surface area (Å²) in [5.74, 6) is 2.34. The highest BCUT2D eigenvalue weighted by molar-refractivity contribution is 5.61. The van der Waals surface area contributed by atoms with Crippen molar-refractivity contribution in [2.24, 2.45) is 0 Å². The Labute approximate surface area is 129 Å². The number of aliphatic hydroxyl groups is 1. The van der Waals surface area contributed by atoms with Crippen molar-refractivity contribution in [3.05, 3.63) is 77.6 Å².